The van der Waals surface area contributed by atoms with Crippen molar-refractivity contribution < 1.29 is 4.79 Å². The lowest BCUT2D eigenvalue weighted by Gasteiger charge is -2.01. The Hall–Kier alpha value is -2.31. The van der Waals surface area contributed by atoms with Crippen LogP contribution < -0.4 is 11.1 Å². The van der Waals surface area contributed by atoms with E-state index in [-0.39, 0.29) is 11.6 Å². The number of amides is 1. The standard InChI is InChI=1S/C10H14N6O/c1-3-16-5-7(11)8(15-16)10(17)13-9-6(2)4-12-14-9/h4-5H,3,11H2,1-2H3,(H2,12,13,14,17). The summed E-state index contributed by atoms with van der Waals surface area (Å²) in [5.74, 6) is 0.211. The fourth-order valence-electron chi connectivity index (χ4n) is 1.42. The second kappa shape index (κ2) is 4.28. The molecule has 4 N–H and O–H groups in total. The number of aromatic nitrogens is 4. The van der Waals surface area contributed by atoms with Crippen LogP contribution in [-0.4, -0.2) is 25.9 Å². The summed E-state index contributed by atoms with van der Waals surface area (Å²) in [6, 6.07) is 0. The predicted octanol–water partition coefficient (Wildman–Crippen LogP) is 0.769. The molecule has 0 aliphatic rings. The highest BCUT2D eigenvalue weighted by Gasteiger charge is 2.15. The van der Waals surface area contributed by atoms with Crippen LogP contribution in [0, 0.1) is 6.92 Å². The van der Waals surface area contributed by atoms with Crippen LogP contribution in [0.15, 0.2) is 12.4 Å². The highest BCUT2D eigenvalue weighted by atomic mass is 16.2. The number of rotatable bonds is 3. The Balaban J connectivity index is 2.20. The zero-order chi connectivity index (χ0) is 12.4. The molecule has 2 heterocycles. The fourth-order valence-corrected chi connectivity index (χ4v) is 1.42. The van der Waals surface area contributed by atoms with Crippen molar-refractivity contribution in [2.24, 2.45) is 0 Å². The Morgan fingerprint density at radius 2 is 2.41 bits per heavy atom. The van der Waals surface area contributed by atoms with Gasteiger partial charge in [0.2, 0.25) is 0 Å². The number of carbonyl (C=O) groups excluding carboxylic acids is 1. The Kier molecular flexibility index (Phi) is 2.82. The van der Waals surface area contributed by atoms with Crippen molar-refractivity contribution in [3.05, 3.63) is 23.7 Å². The molecule has 0 radical (unpaired) electrons. The number of hydrogen-bond donors (Lipinski definition) is 3. The second-order valence-electron chi connectivity index (χ2n) is 3.67. The molecule has 0 spiro atoms. The minimum Gasteiger partial charge on any atom is -0.396 e. The third kappa shape index (κ3) is 2.12. The summed E-state index contributed by atoms with van der Waals surface area (Å²) >= 11 is 0. The van der Waals surface area contributed by atoms with E-state index < -0.39 is 0 Å². The maximum atomic E-state index is 11.9. The lowest BCUT2D eigenvalue weighted by molar-refractivity contribution is 0.102. The Morgan fingerprint density at radius 1 is 1.65 bits per heavy atom. The van der Waals surface area contributed by atoms with Crippen LogP contribution in [0.3, 0.4) is 0 Å². The van der Waals surface area contributed by atoms with Gasteiger partial charge in [0.15, 0.2) is 5.69 Å². The van der Waals surface area contributed by atoms with E-state index in [2.05, 4.69) is 20.6 Å². The third-order valence-corrected chi connectivity index (χ3v) is 2.40. The van der Waals surface area contributed by atoms with Crippen molar-refractivity contribution in [3.8, 4) is 0 Å². The van der Waals surface area contributed by atoms with Crippen LogP contribution >= 0.6 is 0 Å². The average Bonchev–Trinajstić information content (AvgIpc) is 2.86. The topological polar surface area (TPSA) is 102 Å². The van der Waals surface area contributed by atoms with Crippen molar-refractivity contribution in [2.45, 2.75) is 20.4 Å². The first-order chi connectivity index (χ1) is 8.11. The van der Waals surface area contributed by atoms with Crippen LogP contribution in [0.4, 0.5) is 11.5 Å². The van der Waals surface area contributed by atoms with Gasteiger partial charge in [0.05, 0.1) is 11.9 Å². The summed E-state index contributed by atoms with van der Waals surface area (Å²) in [5.41, 5.74) is 7.15. The van der Waals surface area contributed by atoms with E-state index in [0.717, 1.165) is 5.56 Å². The number of aromatic amines is 1. The van der Waals surface area contributed by atoms with E-state index in [1.165, 1.54) is 0 Å². The van der Waals surface area contributed by atoms with Gasteiger partial charge in [-0.1, -0.05) is 0 Å². The molecule has 0 saturated heterocycles. The third-order valence-electron chi connectivity index (χ3n) is 2.40. The molecule has 7 heteroatoms. The molecule has 7 nitrogen and oxygen atoms in total. The summed E-state index contributed by atoms with van der Waals surface area (Å²) in [6.45, 7) is 4.43. The molecule has 17 heavy (non-hydrogen) atoms. The summed E-state index contributed by atoms with van der Waals surface area (Å²) in [6.07, 6.45) is 3.26. The minimum absolute atomic E-state index is 0.223. The van der Waals surface area contributed by atoms with Crippen molar-refractivity contribution in [2.75, 3.05) is 11.1 Å². The molecule has 90 valence electrons. The van der Waals surface area contributed by atoms with Crippen LogP contribution in [-0.2, 0) is 6.54 Å². The summed E-state index contributed by atoms with van der Waals surface area (Å²) in [4.78, 5) is 11.9. The van der Waals surface area contributed by atoms with Gasteiger partial charge in [-0.25, -0.2) is 0 Å². The first-order valence-corrected chi connectivity index (χ1v) is 5.26. The van der Waals surface area contributed by atoms with E-state index in [1.54, 1.807) is 17.1 Å². The quantitative estimate of drug-likeness (QED) is 0.729. The largest absolute Gasteiger partial charge is 0.396 e. The summed E-state index contributed by atoms with van der Waals surface area (Å²) < 4.78 is 1.62. The molecule has 0 atom stereocenters. The summed E-state index contributed by atoms with van der Waals surface area (Å²) in [5, 5.41) is 13.3. The predicted molar refractivity (Wildman–Crippen MR) is 63.6 cm³/mol. The normalized spacial score (nSPS) is 10.5. The van der Waals surface area contributed by atoms with Gasteiger partial charge in [-0.05, 0) is 13.8 Å². The lowest BCUT2D eigenvalue weighted by atomic mass is 10.3. The molecule has 1 amide bonds. The Labute approximate surface area is 98.0 Å². The zero-order valence-corrected chi connectivity index (χ0v) is 9.69. The maximum absolute atomic E-state index is 11.9. The molecule has 0 saturated carbocycles. The van der Waals surface area contributed by atoms with Gasteiger partial charge in [-0.15, -0.1) is 0 Å². The van der Waals surface area contributed by atoms with E-state index in [1.807, 2.05) is 13.8 Å². The Morgan fingerprint density at radius 3 is 2.94 bits per heavy atom. The van der Waals surface area contributed by atoms with E-state index in [0.29, 0.717) is 18.1 Å². The number of H-pyrrole nitrogens is 1. The number of nitrogens with zero attached hydrogens (tertiary/aromatic N) is 3. The Bertz CT molecular complexity index is 541. The number of nitrogens with one attached hydrogen (secondary N) is 2. The monoisotopic (exact) mass is 234 g/mol. The van der Waals surface area contributed by atoms with Gasteiger partial charge in [0.25, 0.3) is 5.91 Å². The number of nitrogen functional groups attached to an aromatic ring is 1. The molecule has 0 aliphatic heterocycles. The van der Waals surface area contributed by atoms with Crippen molar-refractivity contribution in [1.29, 1.82) is 0 Å². The molecular weight excluding hydrogens is 220 g/mol. The molecule has 2 aromatic heterocycles. The number of hydrogen-bond acceptors (Lipinski definition) is 4. The van der Waals surface area contributed by atoms with Crippen molar-refractivity contribution in [1.82, 2.24) is 20.0 Å². The lowest BCUT2D eigenvalue weighted by Crippen LogP contribution is -2.15. The molecule has 0 unspecified atom stereocenters. The highest BCUT2D eigenvalue weighted by molar-refractivity contribution is 6.05. The average molecular weight is 234 g/mol. The van der Waals surface area contributed by atoms with Gasteiger partial charge >= 0.3 is 0 Å². The van der Waals surface area contributed by atoms with E-state index in [9.17, 15) is 4.79 Å². The van der Waals surface area contributed by atoms with Crippen molar-refractivity contribution >= 4 is 17.4 Å². The number of aryl methyl sites for hydroxylation is 2. The van der Waals surface area contributed by atoms with Crippen LogP contribution in [0.5, 0.6) is 0 Å². The minimum atomic E-state index is -0.345. The molecular formula is C10H14N6O. The van der Waals surface area contributed by atoms with Crippen LogP contribution in [0.25, 0.3) is 0 Å². The fraction of sp³-hybridized carbons (Fsp3) is 0.300. The molecule has 2 aromatic rings. The van der Waals surface area contributed by atoms with Gasteiger partial charge in [0, 0.05) is 18.3 Å². The van der Waals surface area contributed by atoms with Gasteiger partial charge in [0.1, 0.15) is 5.82 Å². The first kappa shape index (κ1) is 11.2. The maximum Gasteiger partial charge on any atom is 0.279 e. The van der Waals surface area contributed by atoms with E-state index >= 15 is 0 Å². The van der Waals surface area contributed by atoms with E-state index in [4.69, 9.17) is 5.73 Å². The molecule has 0 bridgehead atoms. The highest BCUT2D eigenvalue weighted by Crippen LogP contribution is 2.13. The van der Waals surface area contributed by atoms with Crippen LogP contribution in [0.1, 0.15) is 23.0 Å². The summed E-state index contributed by atoms with van der Waals surface area (Å²) in [7, 11) is 0. The second-order valence-corrected chi connectivity index (χ2v) is 3.67. The first-order valence-electron chi connectivity index (χ1n) is 5.26. The smallest absolute Gasteiger partial charge is 0.279 e. The number of carbonyl (C=O) groups is 1. The number of anilines is 2. The van der Waals surface area contributed by atoms with Gasteiger partial charge in [-0.3, -0.25) is 14.6 Å². The molecule has 0 aliphatic carbocycles. The number of nitrogens with two attached hydrogens (primary N) is 1. The molecule has 0 fully saturated rings. The SMILES string of the molecule is CCn1cc(N)c(C(=O)Nc2[nH]ncc2C)n1. The van der Waals surface area contributed by atoms with Crippen molar-refractivity contribution in [3.63, 3.8) is 0 Å². The van der Waals surface area contributed by atoms with Crippen LogP contribution in [0.2, 0.25) is 0 Å². The van der Waals surface area contributed by atoms with Gasteiger partial charge < -0.3 is 11.1 Å². The molecule has 2 rings (SSSR count). The zero-order valence-electron chi connectivity index (χ0n) is 9.69. The molecule has 0 aromatic carbocycles. The van der Waals surface area contributed by atoms with Gasteiger partial charge in [-0.2, -0.15) is 10.2 Å².